The van der Waals surface area contributed by atoms with Crippen LogP contribution in [0.4, 0.5) is 0 Å². The highest BCUT2D eigenvalue weighted by atomic mass is 32.3. The topological polar surface area (TPSA) is 113 Å². The van der Waals surface area contributed by atoms with Crippen LogP contribution in [-0.4, -0.2) is 47.5 Å². The summed E-state index contributed by atoms with van der Waals surface area (Å²) < 4.78 is 65.8. The van der Waals surface area contributed by atoms with Gasteiger partial charge in [-0.05, 0) is 35.4 Å². The molecule has 4 rings (SSSR count). The minimum Gasteiger partial charge on any atom is -0.716 e. The van der Waals surface area contributed by atoms with Crippen molar-refractivity contribution in [1.29, 1.82) is 0 Å². The molecule has 0 amide bonds. The van der Waals surface area contributed by atoms with E-state index in [1.165, 1.54) is 13.2 Å². The van der Waals surface area contributed by atoms with Crippen LogP contribution in [-0.2, 0) is 19.9 Å². The zero-order valence-electron chi connectivity index (χ0n) is 17.3. The summed E-state index contributed by atoms with van der Waals surface area (Å²) in [4.78, 5) is 0. The van der Waals surface area contributed by atoms with Crippen molar-refractivity contribution >= 4 is 10.4 Å². The maximum absolute atomic E-state index is 11.1. The van der Waals surface area contributed by atoms with Crippen molar-refractivity contribution in [2.24, 2.45) is 11.8 Å². The fourth-order valence-electron chi connectivity index (χ4n) is 4.31. The smallest absolute Gasteiger partial charge is 0.262 e. The van der Waals surface area contributed by atoms with Gasteiger partial charge in [0.15, 0.2) is 23.0 Å². The van der Waals surface area contributed by atoms with Crippen LogP contribution in [0, 0.1) is 11.8 Å². The molecule has 168 valence electrons. The Hall–Kier alpha value is -2.53. The van der Waals surface area contributed by atoms with Crippen molar-refractivity contribution in [2.75, 3.05) is 34.5 Å². The Labute approximate surface area is 180 Å². The molecule has 2 saturated heterocycles. The van der Waals surface area contributed by atoms with E-state index in [2.05, 4.69) is 4.18 Å². The first-order valence-electron chi connectivity index (χ1n) is 9.63. The van der Waals surface area contributed by atoms with E-state index in [1.54, 1.807) is 26.4 Å². The van der Waals surface area contributed by atoms with Crippen LogP contribution in [0.15, 0.2) is 36.4 Å². The lowest BCUT2D eigenvalue weighted by atomic mass is 9.85. The molecule has 10 heteroatoms. The van der Waals surface area contributed by atoms with Gasteiger partial charge in [0.05, 0.1) is 46.8 Å². The SMILES string of the molecule is COc1ccc([C@H]2OCC3C2CO[C@H]3c2ccc(OC)c(OS(=O)(=O)[O-])c2)cc1OC. The lowest BCUT2D eigenvalue weighted by Gasteiger charge is -2.19. The van der Waals surface area contributed by atoms with Gasteiger partial charge in [0.2, 0.25) is 0 Å². The fraction of sp³-hybridized carbons (Fsp3) is 0.429. The van der Waals surface area contributed by atoms with Crippen molar-refractivity contribution in [3.05, 3.63) is 47.5 Å². The Bertz CT molecular complexity index is 1050. The minimum atomic E-state index is -4.94. The highest BCUT2D eigenvalue weighted by Crippen LogP contribution is 2.51. The summed E-state index contributed by atoms with van der Waals surface area (Å²) >= 11 is 0. The first-order valence-corrected chi connectivity index (χ1v) is 11.0. The number of hydrogen-bond donors (Lipinski definition) is 0. The number of rotatable bonds is 7. The molecule has 0 aromatic heterocycles. The fourth-order valence-corrected chi connectivity index (χ4v) is 4.66. The lowest BCUT2D eigenvalue weighted by Crippen LogP contribution is -2.15. The van der Waals surface area contributed by atoms with Gasteiger partial charge in [0.25, 0.3) is 10.4 Å². The quantitative estimate of drug-likeness (QED) is 0.463. The van der Waals surface area contributed by atoms with E-state index in [1.807, 2.05) is 18.2 Å². The third-order valence-electron chi connectivity index (χ3n) is 5.71. The average molecular weight is 451 g/mol. The molecule has 0 aliphatic carbocycles. The Morgan fingerprint density at radius 2 is 1.23 bits per heavy atom. The third-order valence-corrected chi connectivity index (χ3v) is 6.09. The van der Waals surface area contributed by atoms with Gasteiger partial charge in [0, 0.05) is 11.8 Å². The molecule has 0 radical (unpaired) electrons. The summed E-state index contributed by atoms with van der Waals surface area (Å²) in [7, 11) is -0.415. The van der Waals surface area contributed by atoms with Gasteiger partial charge < -0.3 is 32.4 Å². The zero-order chi connectivity index (χ0) is 22.2. The van der Waals surface area contributed by atoms with Crippen molar-refractivity contribution in [3.8, 4) is 23.0 Å². The zero-order valence-corrected chi connectivity index (χ0v) is 18.1. The van der Waals surface area contributed by atoms with Crippen LogP contribution < -0.4 is 18.4 Å². The first kappa shape index (κ1) is 21.7. The monoisotopic (exact) mass is 451 g/mol. The Morgan fingerprint density at radius 1 is 0.774 bits per heavy atom. The molecule has 2 aliphatic rings. The maximum atomic E-state index is 11.1. The second-order valence-electron chi connectivity index (χ2n) is 7.35. The van der Waals surface area contributed by atoms with Crippen LogP contribution in [0.1, 0.15) is 23.3 Å². The molecule has 2 heterocycles. The summed E-state index contributed by atoms with van der Waals surface area (Å²) in [6, 6.07) is 10.5. The molecule has 2 aromatic rings. The van der Waals surface area contributed by atoms with Crippen molar-refractivity contribution < 1.29 is 40.8 Å². The van der Waals surface area contributed by atoms with E-state index in [0.29, 0.717) is 30.3 Å². The molecule has 31 heavy (non-hydrogen) atoms. The van der Waals surface area contributed by atoms with Crippen molar-refractivity contribution in [3.63, 3.8) is 0 Å². The van der Waals surface area contributed by atoms with Crippen LogP contribution >= 0.6 is 0 Å². The second kappa shape index (κ2) is 8.54. The normalized spacial score (nSPS) is 25.2. The van der Waals surface area contributed by atoms with Gasteiger partial charge in [-0.15, -0.1) is 0 Å². The predicted octanol–water partition coefficient (Wildman–Crippen LogP) is 2.63. The van der Waals surface area contributed by atoms with Gasteiger partial charge in [-0.3, -0.25) is 0 Å². The molecule has 2 aliphatic heterocycles. The number of ether oxygens (including phenoxy) is 5. The Morgan fingerprint density at radius 3 is 1.68 bits per heavy atom. The Balaban J connectivity index is 1.58. The molecule has 2 fully saturated rings. The summed E-state index contributed by atoms with van der Waals surface area (Å²) in [6.07, 6.45) is -0.511. The van der Waals surface area contributed by atoms with Gasteiger partial charge in [0.1, 0.15) is 0 Å². The molecular weight excluding hydrogens is 428 g/mol. The van der Waals surface area contributed by atoms with E-state index in [0.717, 1.165) is 5.56 Å². The lowest BCUT2D eigenvalue weighted by molar-refractivity contribution is 0.0191. The Kier molecular flexibility index (Phi) is 5.98. The maximum Gasteiger partial charge on any atom is 0.262 e. The highest BCUT2D eigenvalue weighted by molar-refractivity contribution is 7.81. The molecule has 0 saturated carbocycles. The standard InChI is InChI=1S/C21H24O9S/c1-25-16-6-4-12(8-18(16)27-3)20-14-10-29-21(15(14)11-28-20)13-5-7-17(26-2)19(9-13)30-31(22,23)24/h4-9,14-15,20-21H,10-11H2,1-3H3,(H,22,23,24)/p-1/t14?,15?,20-,21+/m1/s1. The third kappa shape index (κ3) is 4.29. The molecule has 9 nitrogen and oxygen atoms in total. The summed E-state index contributed by atoms with van der Waals surface area (Å²) in [6.45, 7) is 0.937. The van der Waals surface area contributed by atoms with E-state index in [4.69, 9.17) is 23.7 Å². The first-order chi connectivity index (χ1) is 14.8. The van der Waals surface area contributed by atoms with E-state index in [9.17, 15) is 13.0 Å². The van der Waals surface area contributed by atoms with Crippen LogP contribution in [0.5, 0.6) is 23.0 Å². The van der Waals surface area contributed by atoms with Gasteiger partial charge in [-0.2, -0.15) is 0 Å². The van der Waals surface area contributed by atoms with Crippen molar-refractivity contribution in [1.82, 2.24) is 0 Å². The molecule has 2 aromatic carbocycles. The van der Waals surface area contributed by atoms with Gasteiger partial charge >= 0.3 is 0 Å². The van der Waals surface area contributed by atoms with Gasteiger partial charge in [-0.1, -0.05) is 12.1 Å². The van der Waals surface area contributed by atoms with E-state index in [-0.39, 0.29) is 35.5 Å². The van der Waals surface area contributed by atoms with Gasteiger partial charge in [-0.25, -0.2) is 8.42 Å². The molecule has 0 bridgehead atoms. The van der Waals surface area contributed by atoms with E-state index >= 15 is 0 Å². The number of methoxy groups -OCH3 is 3. The average Bonchev–Trinajstić information content (AvgIpc) is 3.34. The molecular formula is C21H23O9S-. The molecule has 2 unspecified atom stereocenters. The van der Waals surface area contributed by atoms with Crippen LogP contribution in [0.2, 0.25) is 0 Å². The van der Waals surface area contributed by atoms with Crippen LogP contribution in [0.3, 0.4) is 0 Å². The molecule has 0 N–H and O–H groups in total. The molecule has 0 spiro atoms. The minimum absolute atomic E-state index is 0.0446. The summed E-state index contributed by atoms with van der Waals surface area (Å²) in [5.74, 6) is 1.38. The summed E-state index contributed by atoms with van der Waals surface area (Å²) in [5, 5.41) is 0. The number of benzene rings is 2. The highest BCUT2D eigenvalue weighted by Gasteiger charge is 2.48. The second-order valence-corrected chi connectivity index (χ2v) is 8.34. The number of hydrogen-bond acceptors (Lipinski definition) is 9. The predicted molar refractivity (Wildman–Crippen MR) is 107 cm³/mol. The van der Waals surface area contributed by atoms with Crippen molar-refractivity contribution in [2.45, 2.75) is 12.2 Å². The molecule has 4 atom stereocenters. The van der Waals surface area contributed by atoms with E-state index < -0.39 is 10.4 Å². The van der Waals surface area contributed by atoms with Crippen LogP contribution in [0.25, 0.3) is 0 Å². The summed E-state index contributed by atoms with van der Waals surface area (Å²) in [5.41, 5.74) is 1.65. The largest absolute Gasteiger partial charge is 0.716 e. The number of fused-ring (bicyclic) bond motifs is 1.